The van der Waals surface area contributed by atoms with Crippen LogP contribution in [0.2, 0.25) is 0 Å². The van der Waals surface area contributed by atoms with Crippen molar-refractivity contribution in [3.63, 3.8) is 0 Å². The van der Waals surface area contributed by atoms with Gasteiger partial charge in [-0.25, -0.2) is 0 Å². The van der Waals surface area contributed by atoms with Gasteiger partial charge in [-0.1, -0.05) is 12.1 Å². The zero-order valence-electron chi connectivity index (χ0n) is 20.4. The van der Waals surface area contributed by atoms with E-state index in [1.54, 1.807) is 21.9 Å². The molecule has 10 heteroatoms. The zero-order chi connectivity index (χ0) is 26.0. The van der Waals surface area contributed by atoms with Gasteiger partial charge in [-0.2, -0.15) is 13.2 Å². The van der Waals surface area contributed by atoms with Crippen molar-refractivity contribution >= 4 is 11.8 Å². The first-order valence-corrected chi connectivity index (χ1v) is 11.7. The molecule has 2 aliphatic heterocycles. The Balaban J connectivity index is 1.48. The van der Waals surface area contributed by atoms with Crippen LogP contribution in [0.25, 0.3) is 0 Å². The van der Waals surface area contributed by atoms with E-state index in [-0.39, 0.29) is 30.3 Å². The largest absolute Gasteiger partial charge is 0.493 e. The summed E-state index contributed by atoms with van der Waals surface area (Å²) in [5, 5.41) is 0. The third kappa shape index (κ3) is 5.08. The summed E-state index contributed by atoms with van der Waals surface area (Å²) in [5.74, 6) is 1.08. The van der Waals surface area contributed by atoms with Crippen molar-refractivity contribution in [2.75, 3.05) is 34.4 Å². The number of hydrogen-bond acceptors (Lipinski definition) is 5. The van der Waals surface area contributed by atoms with E-state index >= 15 is 0 Å². The normalized spacial score (nSPS) is 20.1. The van der Waals surface area contributed by atoms with Gasteiger partial charge < -0.3 is 24.0 Å². The summed E-state index contributed by atoms with van der Waals surface area (Å²) in [5.41, 5.74) is 0.345. The van der Waals surface area contributed by atoms with Crippen molar-refractivity contribution in [2.45, 2.75) is 38.0 Å². The summed E-state index contributed by atoms with van der Waals surface area (Å²) < 4.78 is 54.7. The van der Waals surface area contributed by atoms with E-state index in [4.69, 9.17) is 14.2 Å². The molecule has 0 radical (unpaired) electrons. The molecule has 2 aliphatic rings. The molecule has 2 saturated heterocycles. The quantitative estimate of drug-likeness (QED) is 0.582. The molecule has 2 aromatic rings. The number of rotatable bonds is 6. The highest BCUT2D eigenvalue weighted by Crippen LogP contribution is 2.39. The molecule has 0 bridgehead atoms. The molecule has 0 saturated carbocycles. The lowest BCUT2D eigenvalue weighted by molar-refractivity contribution is -0.141. The third-order valence-corrected chi connectivity index (χ3v) is 6.98. The van der Waals surface area contributed by atoms with E-state index in [2.05, 4.69) is 0 Å². The van der Waals surface area contributed by atoms with Crippen LogP contribution in [-0.4, -0.2) is 62.1 Å². The van der Waals surface area contributed by atoms with Gasteiger partial charge in [0.15, 0.2) is 11.5 Å². The highest BCUT2D eigenvalue weighted by Gasteiger charge is 2.40. The van der Waals surface area contributed by atoms with E-state index in [0.717, 1.165) is 12.1 Å². The fourth-order valence-electron chi connectivity index (χ4n) is 5.12. The number of methoxy groups -OCH3 is 3. The maximum absolute atomic E-state index is 13.4. The van der Waals surface area contributed by atoms with E-state index < -0.39 is 11.7 Å². The molecule has 36 heavy (non-hydrogen) atoms. The number of hydrogen-bond donors (Lipinski definition) is 0. The molecule has 2 heterocycles. The Hall–Kier alpha value is -3.43. The number of alkyl halides is 3. The molecular formula is C26H29F3N2O5. The second-order valence-electron chi connectivity index (χ2n) is 9.04. The fraction of sp³-hybridized carbons (Fsp3) is 0.462. The van der Waals surface area contributed by atoms with Gasteiger partial charge in [-0.15, -0.1) is 0 Å². The summed E-state index contributed by atoms with van der Waals surface area (Å²) in [6.07, 6.45) is -2.81. The van der Waals surface area contributed by atoms with E-state index in [9.17, 15) is 22.8 Å². The number of amides is 2. The summed E-state index contributed by atoms with van der Waals surface area (Å²) in [6, 6.07) is 8.09. The van der Waals surface area contributed by atoms with Crippen LogP contribution in [0, 0.1) is 5.92 Å². The van der Waals surface area contributed by atoms with Crippen molar-refractivity contribution in [3.8, 4) is 17.2 Å². The first-order valence-electron chi connectivity index (χ1n) is 11.7. The third-order valence-electron chi connectivity index (χ3n) is 6.98. The van der Waals surface area contributed by atoms with Crippen LogP contribution in [0.5, 0.6) is 17.2 Å². The molecule has 0 aromatic heterocycles. The van der Waals surface area contributed by atoms with Crippen LogP contribution >= 0.6 is 0 Å². The van der Waals surface area contributed by atoms with Crippen molar-refractivity contribution in [3.05, 3.63) is 53.1 Å². The van der Waals surface area contributed by atoms with Crippen molar-refractivity contribution < 1.29 is 37.0 Å². The van der Waals surface area contributed by atoms with Crippen LogP contribution < -0.4 is 14.2 Å². The number of ether oxygens (including phenoxy) is 3. The summed E-state index contributed by atoms with van der Waals surface area (Å²) in [4.78, 5) is 29.6. The van der Waals surface area contributed by atoms with Gasteiger partial charge >= 0.3 is 6.18 Å². The number of halogens is 3. The number of fused-ring (bicyclic) bond motifs is 1. The Kier molecular flexibility index (Phi) is 7.33. The standard InChI is InChI=1S/C26H29F3N2O5/c1-34-21-12-18(13-22(35-2)24(21)36-3)25(33)30-11-10-20-17(15-30)6-9-23(32)31(20)14-16-4-7-19(8-5-16)26(27,28)29/h4-5,7-8,12-13,17,20H,6,9-11,14-15H2,1-3H3/t17-,20+/m1/s1. The van der Waals surface area contributed by atoms with Crippen LogP contribution in [0.4, 0.5) is 13.2 Å². The minimum atomic E-state index is -4.40. The first kappa shape index (κ1) is 25.7. The lowest BCUT2D eigenvalue weighted by atomic mass is 9.83. The molecule has 4 rings (SSSR count). The predicted molar refractivity (Wildman–Crippen MR) is 125 cm³/mol. The highest BCUT2D eigenvalue weighted by atomic mass is 19.4. The van der Waals surface area contributed by atoms with E-state index in [1.165, 1.54) is 33.5 Å². The van der Waals surface area contributed by atoms with Gasteiger partial charge in [0.2, 0.25) is 11.7 Å². The minimum Gasteiger partial charge on any atom is -0.493 e. The molecule has 2 fully saturated rings. The van der Waals surface area contributed by atoms with Crippen LogP contribution in [0.1, 0.15) is 40.7 Å². The molecule has 0 N–H and O–H groups in total. The van der Waals surface area contributed by atoms with Gasteiger partial charge in [0.05, 0.1) is 26.9 Å². The van der Waals surface area contributed by atoms with E-state index in [0.29, 0.717) is 60.7 Å². The van der Waals surface area contributed by atoms with Crippen LogP contribution in [-0.2, 0) is 17.5 Å². The number of carbonyl (C=O) groups is 2. The summed E-state index contributed by atoms with van der Waals surface area (Å²) in [7, 11) is 4.47. The molecule has 2 amide bonds. The molecule has 2 atom stereocenters. The lowest BCUT2D eigenvalue weighted by Gasteiger charge is -2.47. The van der Waals surface area contributed by atoms with Crippen molar-refractivity contribution in [1.82, 2.24) is 9.80 Å². The summed E-state index contributed by atoms with van der Waals surface area (Å²) in [6.45, 7) is 1.18. The molecule has 194 valence electrons. The van der Waals surface area contributed by atoms with Gasteiger partial charge in [-0.05, 0) is 48.6 Å². The average Bonchev–Trinajstić information content (AvgIpc) is 2.88. The molecule has 2 aromatic carbocycles. The van der Waals surface area contributed by atoms with Gasteiger partial charge in [0, 0.05) is 37.7 Å². The molecule has 0 aliphatic carbocycles. The molecule has 0 unspecified atom stereocenters. The zero-order valence-corrected chi connectivity index (χ0v) is 20.4. The Morgan fingerprint density at radius 1 is 1.00 bits per heavy atom. The number of likely N-dealkylation sites (tertiary alicyclic amines) is 2. The smallest absolute Gasteiger partial charge is 0.416 e. The topological polar surface area (TPSA) is 68.3 Å². The molecule has 0 spiro atoms. The minimum absolute atomic E-state index is 0.0134. The number of piperidine rings is 2. The highest BCUT2D eigenvalue weighted by molar-refractivity contribution is 5.95. The van der Waals surface area contributed by atoms with Crippen LogP contribution in [0.3, 0.4) is 0 Å². The maximum Gasteiger partial charge on any atom is 0.416 e. The number of carbonyl (C=O) groups excluding carboxylic acids is 2. The Bertz CT molecular complexity index is 1090. The first-order chi connectivity index (χ1) is 17.2. The number of benzene rings is 2. The Morgan fingerprint density at radius 3 is 2.19 bits per heavy atom. The average molecular weight is 507 g/mol. The van der Waals surface area contributed by atoms with Gasteiger partial charge in [0.25, 0.3) is 5.91 Å². The fourth-order valence-corrected chi connectivity index (χ4v) is 5.12. The van der Waals surface area contributed by atoms with E-state index in [1.807, 2.05) is 0 Å². The van der Waals surface area contributed by atoms with Gasteiger partial charge in [0.1, 0.15) is 0 Å². The maximum atomic E-state index is 13.4. The Labute approximate surface area is 207 Å². The van der Waals surface area contributed by atoms with Crippen molar-refractivity contribution in [2.24, 2.45) is 5.92 Å². The summed E-state index contributed by atoms with van der Waals surface area (Å²) >= 11 is 0. The van der Waals surface area contributed by atoms with Crippen LogP contribution in [0.15, 0.2) is 36.4 Å². The monoisotopic (exact) mass is 506 g/mol. The Morgan fingerprint density at radius 2 is 1.64 bits per heavy atom. The SMILES string of the molecule is COc1cc(C(=O)N2CC[C@H]3[C@H](CCC(=O)N3Cc3ccc(C(F)(F)F)cc3)C2)cc(OC)c1OC. The van der Waals surface area contributed by atoms with Crippen molar-refractivity contribution in [1.29, 1.82) is 0 Å². The second-order valence-corrected chi connectivity index (χ2v) is 9.04. The molecule has 7 nitrogen and oxygen atoms in total. The predicted octanol–water partition coefficient (Wildman–Crippen LogP) is 4.38. The lowest BCUT2D eigenvalue weighted by Crippen LogP contribution is -2.56. The second kappa shape index (κ2) is 10.3. The van der Waals surface area contributed by atoms with Gasteiger partial charge in [-0.3, -0.25) is 9.59 Å². The molecular weight excluding hydrogens is 477 g/mol. The number of nitrogens with zero attached hydrogens (tertiary/aromatic N) is 2.